The summed E-state index contributed by atoms with van der Waals surface area (Å²) in [5.41, 5.74) is 2.84. The standard InChI is InChI=1S/C10H14N4O2S/c1-3-12-17-10(16)13-11-7-8-9(15)5-4-6-14(8)2/h4-7,12,15H,3H2,1-2H3/p+1. The molecule has 1 heterocycles. The highest BCUT2D eigenvalue weighted by Crippen LogP contribution is 2.07. The predicted molar refractivity (Wildman–Crippen MR) is 66.7 cm³/mol. The van der Waals surface area contributed by atoms with Crippen LogP contribution in [0, 0.1) is 0 Å². The highest BCUT2D eigenvalue weighted by Gasteiger charge is 2.09. The van der Waals surface area contributed by atoms with E-state index in [0.717, 1.165) is 11.9 Å². The topological polar surface area (TPSA) is 77.6 Å². The van der Waals surface area contributed by atoms with E-state index in [1.165, 1.54) is 6.21 Å². The number of aromatic hydroxyl groups is 1. The van der Waals surface area contributed by atoms with Crippen molar-refractivity contribution in [2.24, 2.45) is 12.1 Å². The number of hydrogen-bond donors (Lipinski definition) is 3. The van der Waals surface area contributed by atoms with Crippen molar-refractivity contribution < 1.29 is 14.5 Å². The molecular weight excluding hydrogens is 240 g/mol. The van der Waals surface area contributed by atoms with E-state index in [1.807, 2.05) is 6.92 Å². The summed E-state index contributed by atoms with van der Waals surface area (Å²) in [6.45, 7) is 2.59. The monoisotopic (exact) mass is 255 g/mol. The molecule has 0 aromatic carbocycles. The van der Waals surface area contributed by atoms with Crippen LogP contribution >= 0.6 is 11.9 Å². The minimum Gasteiger partial charge on any atom is -0.502 e. The van der Waals surface area contributed by atoms with E-state index in [-0.39, 0.29) is 11.0 Å². The van der Waals surface area contributed by atoms with E-state index in [0.29, 0.717) is 12.2 Å². The molecule has 3 N–H and O–H groups in total. The van der Waals surface area contributed by atoms with Crippen LogP contribution in [0.2, 0.25) is 0 Å². The zero-order valence-corrected chi connectivity index (χ0v) is 10.5. The van der Waals surface area contributed by atoms with Gasteiger partial charge in [0.1, 0.15) is 13.3 Å². The molecule has 0 radical (unpaired) electrons. The van der Waals surface area contributed by atoms with Gasteiger partial charge in [-0.15, -0.1) is 0 Å². The fourth-order valence-corrected chi connectivity index (χ4v) is 1.45. The van der Waals surface area contributed by atoms with Crippen LogP contribution in [0.5, 0.6) is 5.75 Å². The van der Waals surface area contributed by atoms with Gasteiger partial charge in [0.25, 0.3) is 5.69 Å². The lowest BCUT2D eigenvalue weighted by Gasteiger charge is -1.98. The molecule has 0 aliphatic carbocycles. The summed E-state index contributed by atoms with van der Waals surface area (Å²) in [5, 5.41) is 13.0. The SMILES string of the molecule is CCNSC(=O)N/N=C/c1c(O)ccc[n+]1C. The maximum absolute atomic E-state index is 11.2. The van der Waals surface area contributed by atoms with E-state index >= 15 is 0 Å². The van der Waals surface area contributed by atoms with Gasteiger partial charge in [-0.2, -0.15) is 9.67 Å². The van der Waals surface area contributed by atoms with E-state index in [4.69, 9.17) is 0 Å². The van der Waals surface area contributed by atoms with Gasteiger partial charge in [-0.05, 0) is 6.07 Å². The summed E-state index contributed by atoms with van der Waals surface area (Å²) in [6.07, 6.45) is 3.16. The first-order valence-electron chi connectivity index (χ1n) is 5.05. The fourth-order valence-electron chi connectivity index (χ4n) is 1.07. The van der Waals surface area contributed by atoms with Gasteiger partial charge in [0.05, 0.1) is 0 Å². The van der Waals surface area contributed by atoms with Gasteiger partial charge in [0.2, 0.25) is 0 Å². The quantitative estimate of drug-likeness (QED) is 0.317. The summed E-state index contributed by atoms with van der Waals surface area (Å²) in [4.78, 5) is 11.2. The molecule has 0 unspecified atom stereocenters. The Bertz CT molecular complexity index is 403. The number of hydrogen-bond acceptors (Lipinski definition) is 5. The number of carbonyl (C=O) groups is 1. The third-order valence-corrected chi connectivity index (χ3v) is 2.57. The van der Waals surface area contributed by atoms with Gasteiger partial charge in [-0.1, -0.05) is 6.92 Å². The molecule has 7 heteroatoms. The van der Waals surface area contributed by atoms with Crippen molar-refractivity contribution >= 4 is 23.4 Å². The van der Waals surface area contributed by atoms with Crippen LogP contribution in [0.15, 0.2) is 23.4 Å². The van der Waals surface area contributed by atoms with Crippen molar-refractivity contribution in [1.82, 2.24) is 10.1 Å². The number of rotatable bonds is 4. The highest BCUT2D eigenvalue weighted by molar-refractivity contribution is 8.11. The number of carbonyl (C=O) groups excluding carboxylic acids is 1. The lowest BCUT2D eigenvalue weighted by atomic mass is 10.3. The van der Waals surface area contributed by atoms with Gasteiger partial charge in [0.15, 0.2) is 11.9 Å². The molecule has 17 heavy (non-hydrogen) atoms. The van der Waals surface area contributed by atoms with E-state index in [9.17, 15) is 9.90 Å². The molecule has 0 spiro atoms. The average Bonchev–Trinajstić information content (AvgIpc) is 2.30. The summed E-state index contributed by atoms with van der Waals surface area (Å²) in [7, 11) is 1.77. The summed E-state index contributed by atoms with van der Waals surface area (Å²) >= 11 is 0.937. The van der Waals surface area contributed by atoms with Crippen molar-refractivity contribution in [2.45, 2.75) is 6.92 Å². The van der Waals surface area contributed by atoms with E-state index < -0.39 is 0 Å². The number of hydrazone groups is 1. The van der Waals surface area contributed by atoms with Crippen LogP contribution in [0.4, 0.5) is 4.79 Å². The Balaban J connectivity index is 2.56. The molecule has 0 fully saturated rings. The van der Waals surface area contributed by atoms with Crippen LogP contribution in [-0.4, -0.2) is 23.1 Å². The van der Waals surface area contributed by atoms with E-state index in [1.54, 1.807) is 29.9 Å². The lowest BCUT2D eigenvalue weighted by Crippen LogP contribution is -2.33. The van der Waals surface area contributed by atoms with E-state index in [2.05, 4.69) is 15.2 Å². The van der Waals surface area contributed by atoms with Crippen molar-refractivity contribution in [2.75, 3.05) is 6.54 Å². The summed E-state index contributed by atoms with van der Waals surface area (Å²) in [5.74, 6) is 0.104. The van der Waals surface area contributed by atoms with Crippen molar-refractivity contribution in [3.05, 3.63) is 24.0 Å². The Hall–Kier alpha value is -1.60. The van der Waals surface area contributed by atoms with Crippen molar-refractivity contribution in [1.29, 1.82) is 0 Å². The lowest BCUT2D eigenvalue weighted by molar-refractivity contribution is -0.672. The van der Waals surface area contributed by atoms with Gasteiger partial charge < -0.3 is 5.11 Å². The molecule has 1 aromatic heterocycles. The number of nitrogens with zero attached hydrogens (tertiary/aromatic N) is 2. The third kappa shape index (κ3) is 4.41. The Kier molecular flexibility index (Phi) is 5.44. The van der Waals surface area contributed by atoms with Crippen LogP contribution < -0.4 is 14.7 Å². The Labute approximate surface area is 104 Å². The van der Waals surface area contributed by atoms with Crippen LogP contribution in [0.3, 0.4) is 0 Å². The molecule has 6 nitrogen and oxygen atoms in total. The highest BCUT2D eigenvalue weighted by atomic mass is 32.2. The molecule has 92 valence electrons. The second-order valence-electron chi connectivity index (χ2n) is 3.15. The second kappa shape index (κ2) is 6.87. The Morgan fingerprint density at radius 3 is 3.12 bits per heavy atom. The predicted octanol–water partition coefficient (Wildman–Crippen LogP) is 0.518. The minimum atomic E-state index is -0.304. The van der Waals surface area contributed by atoms with Crippen molar-refractivity contribution in [3.8, 4) is 5.75 Å². The second-order valence-corrected chi connectivity index (χ2v) is 4.01. The van der Waals surface area contributed by atoms with Gasteiger partial charge in [-0.25, -0.2) is 5.43 Å². The minimum absolute atomic E-state index is 0.104. The molecule has 0 atom stereocenters. The van der Waals surface area contributed by atoms with Crippen LogP contribution in [-0.2, 0) is 7.05 Å². The normalized spacial score (nSPS) is 10.7. The number of pyridine rings is 1. The number of aryl methyl sites for hydroxylation is 1. The zero-order chi connectivity index (χ0) is 12.7. The summed E-state index contributed by atoms with van der Waals surface area (Å²) in [6, 6.07) is 3.27. The first-order chi connectivity index (χ1) is 8.15. The van der Waals surface area contributed by atoms with Crippen LogP contribution in [0.25, 0.3) is 0 Å². The molecular formula is C10H15N4O2S+. The maximum Gasteiger partial charge on any atom is 0.314 e. The molecule has 1 aromatic rings. The van der Waals surface area contributed by atoms with Gasteiger partial charge >= 0.3 is 5.24 Å². The third-order valence-electron chi connectivity index (χ3n) is 1.86. The number of aromatic nitrogens is 1. The Morgan fingerprint density at radius 2 is 2.47 bits per heavy atom. The van der Waals surface area contributed by atoms with Gasteiger partial charge in [-0.3, -0.25) is 9.52 Å². The first-order valence-corrected chi connectivity index (χ1v) is 5.87. The molecule has 0 bridgehead atoms. The fraction of sp³-hybridized carbons (Fsp3) is 0.300. The molecule has 0 saturated carbocycles. The molecule has 0 aliphatic rings. The molecule has 0 saturated heterocycles. The first kappa shape index (κ1) is 13.5. The van der Waals surface area contributed by atoms with Crippen LogP contribution in [0.1, 0.15) is 12.6 Å². The maximum atomic E-state index is 11.2. The average molecular weight is 255 g/mol. The Morgan fingerprint density at radius 1 is 1.71 bits per heavy atom. The summed E-state index contributed by atoms with van der Waals surface area (Å²) < 4.78 is 4.49. The number of amides is 1. The molecule has 1 amide bonds. The largest absolute Gasteiger partial charge is 0.502 e. The smallest absolute Gasteiger partial charge is 0.314 e. The molecule has 0 aliphatic heterocycles. The number of nitrogens with one attached hydrogen (secondary N) is 2. The zero-order valence-electron chi connectivity index (χ0n) is 9.67. The molecule has 1 rings (SSSR count). The van der Waals surface area contributed by atoms with Crippen molar-refractivity contribution in [3.63, 3.8) is 0 Å². The van der Waals surface area contributed by atoms with Gasteiger partial charge in [0, 0.05) is 24.6 Å².